The maximum Gasteiger partial charge on any atom is 0.350 e. The largest absolute Gasteiger partial charge is 0.448 e. The van der Waals surface area contributed by atoms with Gasteiger partial charge in [0.2, 0.25) is 0 Å². The van der Waals surface area contributed by atoms with Crippen molar-refractivity contribution in [1.82, 2.24) is 9.55 Å². The van der Waals surface area contributed by atoms with Gasteiger partial charge in [0.05, 0.1) is 75.2 Å². The molecule has 12 atom stereocenters. The Balaban J connectivity index is 0.000000172. The minimum absolute atomic E-state index is 0.0240. The fourth-order valence-electron chi connectivity index (χ4n) is 9.94. The molecule has 3 aliphatic heterocycles. The molecule has 0 radical (unpaired) electrons. The van der Waals surface area contributed by atoms with E-state index in [4.69, 9.17) is 38.9 Å². The second-order valence-electron chi connectivity index (χ2n) is 22.8. The highest BCUT2D eigenvalue weighted by molar-refractivity contribution is 8.01. The lowest BCUT2D eigenvalue weighted by molar-refractivity contribution is -0.146. The number of hydrogen-bond donors (Lipinski definition) is 1. The Labute approximate surface area is 529 Å². The second-order valence-corrected chi connectivity index (χ2v) is 27.1. The minimum atomic E-state index is -1.41. The Morgan fingerprint density at radius 1 is 0.466 bits per heavy atom. The summed E-state index contributed by atoms with van der Waals surface area (Å²) in [5.41, 5.74) is 17.5. The monoisotopic (exact) mass is 1260 g/mol. The van der Waals surface area contributed by atoms with Crippen LogP contribution in [0.2, 0.25) is 0 Å². The molecule has 6 aromatic carbocycles. The van der Waals surface area contributed by atoms with Gasteiger partial charge in [-0.05, 0) is 81.0 Å². The van der Waals surface area contributed by atoms with E-state index in [1.165, 1.54) is 69.5 Å². The molecule has 3 aliphatic rings. The Morgan fingerprint density at radius 3 is 1.14 bits per heavy atom. The molecule has 18 heteroatoms. The molecule has 0 spiro atoms. The third-order valence-electron chi connectivity index (χ3n) is 15.1. The topological polar surface area (TPSA) is 143 Å². The average molecular weight is 1260 g/mol. The number of halogens is 3. The highest BCUT2D eigenvalue weighted by Crippen LogP contribution is 2.45. The van der Waals surface area contributed by atoms with Gasteiger partial charge in [-0.1, -0.05) is 186 Å². The first kappa shape index (κ1) is 68.0. The van der Waals surface area contributed by atoms with Crippen LogP contribution >= 0.6 is 35.3 Å². The van der Waals surface area contributed by atoms with Gasteiger partial charge in [0.1, 0.15) is 35.7 Å². The first-order chi connectivity index (χ1) is 42.3. The summed E-state index contributed by atoms with van der Waals surface area (Å²) < 4.78 is 87.2. The summed E-state index contributed by atoms with van der Waals surface area (Å²) in [6.07, 6.45) is -4.14. The van der Waals surface area contributed by atoms with Crippen molar-refractivity contribution < 1.29 is 51.1 Å². The molecule has 0 amide bonds. The first-order valence-electron chi connectivity index (χ1n) is 29.7. The Morgan fingerprint density at radius 2 is 0.784 bits per heavy atom. The summed E-state index contributed by atoms with van der Waals surface area (Å²) in [7, 11) is 0. The minimum Gasteiger partial charge on any atom is -0.448 e. The molecule has 88 heavy (non-hydrogen) atoms. The molecule has 0 aliphatic carbocycles. The number of ether oxygens (including phenoxy) is 7. The number of esters is 1. The number of carbonyl (C=O) groups is 1. The van der Waals surface area contributed by atoms with E-state index in [9.17, 15) is 18.4 Å². The van der Waals surface area contributed by atoms with Crippen molar-refractivity contribution in [3.8, 4) is 0 Å². The van der Waals surface area contributed by atoms with Crippen LogP contribution in [0.3, 0.4) is 0 Å². The van der Waals surface area contributed by atoms with Gasteiger partial charge in [0.25, 0.3) is 0 Å². The summed E-state index contributed by atoms with van der Waals surface area (Å²) in [4.78, 5) is 27.4. The standard InChI is InChI=1S/C25H28FN3O3S.C23H27FO4S.C22H27FO2S/c1-16-3-7-18(8-4-16)13-31-15-20-23(32-14-19-9-5-17(2)6-10-19)22(26)24(33-20)29-12-11-21(27)28-25(29)30;1-15-4-8-18(9-5-15)12-26-14-20-22(21(24)23(29-20)28-17(3)25)27-13-19-10-6-16(2)7-11-19;1-15-4-8-18(9-5-15)12-24-14-20-22(21(23)17(3)26-20)25-13-19-10-6-16(2)7-11-19/h3-12,20,22-24H,13-15H2,1-2H3,(H2,27,28,30);4-11,20-23H,12-14H2,1-3H3;4-11,17,20-22H,12-14H2,1-3H3/t20-,22+,23-,24?;20-,21+,22-,23?;17?,20-,21-,22-/m111/s1. The number of benzene rings is 6. The molecule has 0 saturated carbocycles. The number of anilines is 1. The number of aromatic nitrogens is 2. The third-order valence-corrected chi connectivity index (χ3v) is 19.5. The molecule has 470 valence electrons. The van der Waals surface area contributed by atoms with Crippen molar-refractivity contribution in [2.24, 2.45) is 0 Å². The SMILES string of the molecule is CC(=O)OC1S[C@H](COCc2ccc(C)cc2)[C@@H](OCc2ccc(C)cc2)[C@@H]1F.Cc1ccc(COC[C@H]2SC(C)[C@@H](F)[C@@H]2OCc2ccc(C)cc2)cc1.Cc1ccc(COC[C@H]2SC(n3ccc(N)nc3=O)[C@@H](F)[C@@H]2OCc2ccc(C)cc2)cc1. The lowest BCUT2D eigenvalue weighted by atomic mass is 10.1. The van der Waals surface area contributed by atoms with Crippen LogP contribution in [-0.2, 0) is 77.6 Å². The molecular formula is C70H82F3N3O9S3. The number of hydrogen-bond acceptors (Lipinski definition) is 14. The molecule has 7 aromatic rings. The van der Waals surface area contributed by atoms with E-state index in [2.05, 4.69) is 55.2 Å². The van der Waals surface area contributed by atoms with Crippen LogP contribution in [0, 0.1) is 41.5 Å². The number of nitrogen functional groups attached to an aromatic ring is 1. The lowest BCUT2D eigenvalue weighted by Crippen LogP contribution is -2.35. The van der Waals surface area contributed by atoms with E-state index < -0.39 is 59.3 Å². The van der Waals surface area contributed by atoms with Crippen molar-refractivity contribution in [2.45, 2.75) is 164 Å². The maximum absolute atomic E-state index is 15.6. The molecule has 12 nitrogen and oxygen atoms in total. The Bertz CT molecular complexity index is 3300. The van der Waals surface area contributed by atoms with Gasteiger partial charge in [0.15, 0.2) is 17.8 Å². The van der Waals surface area contributed by atoms with Gasteiger partial charge < -0.3 is 38.9 Å². The zero-order valence-electron chi connectivity index (χ0n) is 51.3. The molecule has 10 rings (SSSR count). The number of rotatable bonds is 23. The van der Waals surface area contributed by atoms with Crippen LogP contribution in [0.25, 0.3) is 0 Å². The van der Waals surface area contributed by atoms with Crippen molar-refractivity contribution >= 4 is 47.1 Å². The molecule has 3 fully saturated rings. The molecule has 3 unspecified atom stereocenters. The number of thioether (sulfide) groups is 3. The maximum atomic E-state index is 15.6. The van der Waals surface area contributed by atoms with E-state index in [1.54, 1.807) is 11.8 Å². The van der Waals surface area contributed by atoms with E-state index in [0.717, 1.165) is 44.5 Å². The molecule has 0 bridgehead atoms. The van der Waals surface area contributed by atoms with Crippen LogP contribution in [0.15, 0.2) is 163 Å². The lowest BCUT2D eigenvalue weighted by Gasteiger charge is -2.21. The number of alkyl halides is 3. The van der Waals surface area contributed by atoms with Crippen molar-refractivity contribution in [3.05, 3.63) is 235 Å². The number of nitrogens with zero attached hydrogens (tertiary/aromatic N) is 2. The van der Waals surface area contributed by atoms with Gasteiger partial charge in [-0.3, -0.25) is 9.36 Å². The van der Waals surface area contributed by atoms with Crippen LogP contribution in [0.1, 0.15) is 86.0 Å². The number of carbonyl (C=O) groups excluding carboxylic acids is 1. The summed E-state index contributed by atoms with van der Waals surface area (Å²) in [6.45, 7) is 19.0. The first-order valence-corrected chi connectivity index (χ1v) is 32.5. The summed E-state index contributed by atoms with van der Waals surface area (Å²) in [5, 5.41) is -1.35. The number of aryl methyl sites for hydroxylation is 6. The zero-order valence-corrected chi connectivity index (χ0v) is 53.8. The molecule has 1 aromatic heterocycles. The fourth-order valence-corrected chi connectivity index (χ4v) is 14.3. The molecular weight excluding hydrogens is 1180 g/mol. The van der Waals surface area contributed by atoms with Gasteiger partial charge in [0, 0.05) is 18.4 Å². The van der Waals surface area contributed by atoms with E-state index in [-0.39, 0.29) is 33.4 Å². The summed E-state index contributed by atoms with van der Waals surface area (Å²) >= 11 is 4.23. The van der Waals surface area contributed by atoms with Crippen LogP contribution in [-0.4, -0.2) is 98.6 Å². The highest BCUT2D eigenvalue weighted by atomic mass is 32.2. The van der Waals surface area contributed by atoms with E-state index in [0.29, 0.717) is 52.9 Å². The van der Waals surface area contributed by atoms with Gasteiger partial charge in [-0.2, -0.15) is 4.98 Å². The van der Waals surface area contributed by atoms with Crippen molar-refractivity contribution in [3.63, 3.8) is 0 Å². The third kappa shape index (κ3) is 20.6. The van der Waals surface area contributed by atoms with E-state index in [1.807, 2.05) is 144 Å². The molecule has 4 heterocycles. The molecule has 3 saturated heterocycles. The predicted molar refractivity (Wildman–Crippen MR) is 348 cm³/mol. The normalized spacial score (nSPS) is 23.9. The quantitative estimate of drug-likeness (QED) is 0.0607. The highest BCUT2D eigenvalue weighted by Gasteiger charge is 2.49. The molecule has 2 N–H and O–H groups in total. The van der Waals surface area contributed by atoms with Crippen LogP contribution in [0.5, 0.6) is 0 Å². The Hall–Kier alpha value is -5.93. The second kappa shape index (κ2) is 33.8. The predicted octanol–water partition coefficient (Wildman–Crippen LogP) is 14.2. The smallest absolute Gasteiger partial charge is 0.350 e. The Kier molecular flexibility index (Phi) is 26.1. The average Bonchev–Trinajstić information content (AvgIpc) is 3.67. The van der Waals surface area contributed by atoms with Gasteiger partial charge in [-0.25, -0.2) is 18.0 Å². The van der Waals surface area contributed by atoms with Crippen molar-refractivity contribution in [1.29, 1.82) is 0 Å². The van der Waals surface area contributed by atoms with Crippen molar-refractivity contribution in [2.75, 3.05) is 25.6 Å². The summed E-state index contributed by atoms with van der Waals surface area (Å²) in [6, 6.07) is 50.1. The summed E-state index contributed by atoms with van der Waals surface area (Å²) in [5.74, 6) is -0.386. The fraction of sp³-hybridized carbons (Fsp3) is 0.414. The van der Waals surface area contributed by atoms with Crippen LogP contribution in [0.4, 0.5) is 19.0 Å². The van der Waals surface area contributed by atoms with Gasteiger partial charge in [-0.15, -0.1) is 35.3 Å². The number of nitrogens with two attached hydrogens (primary N) is 1. The van der Waals surface area contributed by atoms with Crippen LogP contribution < -0.4 is 11.4 Å². The van der Waals surface area contributed by atoms with Gasteiger partial charge >= 0.3 is 11.7 Å². The van der Waals surface area contributed by atoms with E-state index >= 15 is 4.39 Å². The zero-order chi connectivity index (χ0) is 62.7.